The van der Waals surface area contributed by atoms with Gasteiger partial charge < -0.3 is 4.74 Å². The van der Waals surface area contributed by atoms with Gasteiger partial charge in [0.1, 0.15) is 0 Å². The van der Waals surface area contributed by atoms with Crippen LogP contribution in [0.1, 0.15) is 23.6 Å². The quantitative estimate of drug-likeness (QED) is 0.406. The van der Waals surface area contributed by atoms with Crippen LogP contribution in [0.5, 0.6) is 0 Å². The number of halogens is 7. The molecule has 0 radical (unpaired) electrons. The number of carbonyl (C=O) groups is 1. The highest BCUT2D eigenvalue weighted by molar-refractivity contribution is 14.1. The molecule has 1 aromatic carbocycles. The Hall–Kier alpha value is -1.00. The zero-order chi connectivity index (χ0) is 16.4. The Kier molecular flexibility index (Phi) is 5.51. The predicted molar refractivity (Wildman–Crippen MR) is 69.5 cm³/mol. The first-order valence-electron chi connectivity index (χ1n) is 5.59. The minimum atomic E-state index is -5.17. The lowest BCUT2D eigenvalue weighted by atomic mass is 10.0. The zero-order valence-electron chi connectivity index (χ0n) is 10.5. The fourth-order valence-corrected chi connectivity index (χ4v) is 2.60. The van der Waals surface area contributed by atoms with Crippen molar-refractivity contribution in [1.82, 2.24) is 0 Å². The Morgan fingerprint density at radius 1 is 1.14 bits per heavy atom. The molecule has 0 aliphatic rings. The third kappa shape index (κ3) is 4.48. The van der Waals surface area contributed by atoms with Gasteiger partial charge in [0.2, 0.25) is 0 Å². The van der Waals surface area contributed by atoms with E-state index in [4.69, 9.17) is 0 Å². The van der Waals surface area contributed by atoms with Crippen LogP contribution in [0.15, 0.2) is 12.1 Å². The normalized spacial score (nSPS) is 12.4. The lowest BCUT2D eigenvalue weighted by Gasteiger charge is -2.19. The summed E-state index contributed by atoms with van der Waals surface area (Å²) in [4.78, 5) is 11.3. The highest BCUT2D eigenvalue weighted by Crippen LogP contribution is 2.43. The van der Waals surface area contributed by atoms with Crippen LogP contribution in [0.4, 0.5) is 26.3 Å². The molecule has 0 N–H and O–H groups in total. The summed E-state index contributed by atoms with van der Waals surface area (Å²) in [7, 11) is 0. The van der Waals surface area contributed by atoms with Crippen molar-refractivity contribution in [2.24, 2.45) is 0 Å². The summed E-state index contributed by atoms with van der Waals surface area (Å²) in [5.74, 6) is -0.803. The van der Waals surface area contributed by atoms with E-state index in [9.17, 15) is 31.1 Å². The van der Waals surface area contributed by atoms with Crippen LogP contribution in [0.3, 0.4) is 0 Å². The summed E-state index contributed by atoms with van der Waals surface area (Å²) in [6, 6.07) is 1.19. The monoisotopic (exact) mass is 426 g/mol. The van der Waals surface area contributed by atoms with Crippen molar-refractivity contribution >= 4 is 28.6 Å². The highest BCUT2D eigenvalue weighted by atomic mass is 127. The molecule has 1 rings (SSSR count). The van der Waals surface area contributed by atoms with Crippen molar-refractivity contribution in [3.05, 3.63) is 32.4 Å². The van der Waals surface area contributed by atoms with E-state index in [1.165, 1.54) is 29.5 Å². The zero-order valence-corrected chi connectivity index (χ0v) is 12.7. The van der Waals surface area contributed by atoms with Crippen molar-refractivity contribution in [2.45, 2.75) is 25.7 Å². The molecule has 0 heterocycles. The second kappa shape index (κ2) is 6.41. The van der Waals surface area contributed by atoms with Crippen molar-refractivity contribution in [2.75, 3.05) is 6.61 Å². The Balaban J connectivity index is 3.38. The largest absolute Gasteiger partial charge is 0.466 e. The number of alkyl halides is 6. The third-order valence-electron chi connectivity index (χ3n) is 2.45. The maximum atomic E-state index is 12.9. The van der Waals surface area contributed by atoms with Gasteiger partial charge in [-0.1, -0.05) is 6.07 Å². The summed E-state index contributed by atoms with van der Waals surface area (Å²) in [5.41, 5.74) is -3.71. The number of benzene rings is 1. The van der Waals surface area contributed by atoms with Crippen LogP contribution in [0.25, 0.3) is 0 Å². The first kappa shape index (κ1) is 18.1. The summed E-state index contributed by atoms with van der Waals surface area (Å²) in [6.07, 6.45) is -10.8. The minimum absolute atomic E-state index is 0.0299. The molecule has 0 spiro atoms. The second-order valence-electron chi connectivity index (χ2n) is 3.94. The predicted octanol–water partition coefficient (Wildman–Crippen LogP) is 4.43. The topological polar surface area (TPSA) is 26.3 Å². The fraction of sp³-hybridized carbons (Fsp3) is 0.417. The van der Waals surface area contributed by atoms with E-state index < -0.39 is 39.4 Å². The van der Waals surface area contributed by atoms with Gasteiger partial charge in [-0.25, -0.2) is 0 Å². The average Bonchev–Trinajstić information content (AvgIpc) is 2.28. The van der Waals surface area contributed by atoms with E-state index in [-0.39, 0.29) is 12.2 Å². The third-order valence-corrected chi connectivity index (χ3v) is 3.68. The average molecular weight is 426 g/mol. The van der Waals surface area contributed by atoms with Gasteiger partial charge in [-0.15, -0.1) is 0 Å². The maximum Gasteiger partial charge on any atom is 0.418 e. The number of rotatable bonds is 3. The molecule has 0 fully saturated rings. The molecule has 0 unspecified atom stereocenters. The molecule has 1 aromatic rings. The first-order chi connectivity index (χ1) is 9.48. The van der Waals surface area contributed by atoms with Crippen molar-refractivity contribution in [3.63, 3.8) is 0 Å². The maximum absolute atomic E-state index is 12.9. The molecule has 2 nitrogen and oxygen atoms in total. The minimum Gasteiger partial charge on any atom is -0.466 e. The van der Waals surface area contributed by atoms with Crippen LogP contribution < -0.4 is 0 Å². The van der Waals surface area contributed by atoms with Crippen LogP contribution in [-0.2, 0) is 28.3 Å². The van der Waals surface area contributed by atoms with Crippen molar-refractivity contribution in [1.29, 1.82) is 0 Å². The molecular weight excluding hydrogens is 417 g/mol. The molecule has 0 aliphatic heterocycles. The van der Waals surface area contributed by atoms with Gasteiger partial charge >= 0.3 is 18.3 Å². The number of esters is 1. The molecule has 9 heteroatoms. The van der Waals surface area contributed by atoms with Crippen LogP contribution in [0.2, 0.25) is 0 Å². The summed E-state index contributed by atoms with van der Waals surface area (Å²) in [5, 5.41) is 0. The Morgan fingerprint density at radius 3 is 2.14 bits per heavy atom. The van der Waals surface area contributed by atoms with E-state index in [0.717, 1.165) is 6.07 Å². The van der Waals surface area contributed by atoms with Gasteiger partial charge in [0.05, 0.1) is 24.2 Å². The van der Waals surface area contributed by atoms with E-state index in [2.05, 4.69) is 4.74 Å². The smallest absolute Gasteiger partial charge is 0.418 e. The summed E-state index contributed by atoms with van der Waals surface area (Å²) < 4.78 is 80.6. The molecule has 0 aliphatic carbocycles. The number of ether oxygens (including phenoxy) is 1. The highest BCUT2D eigenvalue weighted by Gasteiger charge is 2.45. The SMILES string of the molecule is CCOC(=O)Cc1ccc(C(F)(F)F)c(C(F)(F)F)c1I. The molecule has 21 heavy (non-hydrogen) atoms. The van der Waals surface area contributed by atoms with Gasteiger partial charge in [0.15, 0.2) is 0 Å². The lowest BCUT2D eigenvalue weighted by molar-refractivity contribution is -0.162. The second-order valence-corrected chi connectivity index (χ2v) is 5.02. The van der Waals surface area contributed by atoms with Crippen LogP contribution in [-0.4, -0.2) is 12.6 Å². The van der Waals surface area contributed by atoms with Gasteiger partial charge in [-0.3, -0.25) is 4.79 Å². The van der Waals surface area contributed by atoms with E-state index in [1.54, 1.807) is 0 Å². The molecule has 0 bridgehead atoms. The first-order valence-corrected chi connectivity index (χ1v) is 6.67. The molecule has 0 saturated heterocycles. The van der Waals surface area contributed by atoms with Crippen LogP contribution >= 0.6 is 22.6 Å². The van der Waals surface area contributed by atoms with E-state index >= 15 is 0 Å². The Morgan fingerprint density at radius 2 is 1.71 bits per heavy atom. The summed E-state index contributed by atoms with van der Waals surface area (Å²) >= 11 is 1.17. The number of hydrogen-bond donors (Lipinski definition) is 0. The summed E-state index contributed by atoms with van der Waals surface area (Å²) in [6.45, 7) is 1.54. The molecule has 0 atom stereocenters. The van der Waals surface area contributed by atoms with Crippen molar-refractivity contribution in [3.8, 4) is 0 Å². The Labute approximate surface area is 129 Å². The number of carbonyl (C=O) groups excluding carboxylic acids is 1. The van der Waals surface area contributed by atoms with Gasteiger partial charge in [-0.05, 0) is 41.1 Å². The molecular formula is C12H9F6IO2. The van der Waals surface area contributed by atoms with Gasteiger partial charge in [0, 0.05) is 3.57 Å². The Bertz CT molecular complexity index is 536. The fourth-order valence-electron chi connectivity index (χ4n) is 1.64. The van der Waals surface area contributed by atoms with E-state index in [1.807, 2.05) is 0 Å². The molecule has 0 saturated carbocycles. The molecule has 0 amide bonds. The standard InChI is InChI=1S/C12H9F6IO2/c1-2-21-8(20)5-6-3-4-7(11(13,14)15)9(10(6)19)12(16,17)18/h3-4H,2,5H2,1H3. The lowest BCUT2D eigenvalue weighted by Crippen LogP contribution is -2.20. The van der Waals surface area contributed by atoms with Gasteiger partial charge in [-0.2, -0.15) is 26.3 Å². The van der Waals surface area contributed by atoms with Crippen LogP contribution in [0, 0.1) is 3.57 Å². The molecule has 0 aromatic heterocycles. The van der Waals surface area contributed by atoms with E-state index in [0.29, 0.717) is 6.07 Å². The van der Waals surface area contributed by atoms with Crippen molar-refractivity contribution < 1.29 is 35.9 Å². The van der Waals surface area contributed by atoms with Gasteiger partial charge in [0.25, 0.3) is 0 Å². The molecule has 118 valence electrons. The number of hydrogen-bond acceptors (Lipinski definition) is 2.